The maximum Gasteiger partial charge on any atom is 0.235 e. The fourth-order valence-corrected chi connectivity index (χ4v) is 3.83. The lowest BCUT2D eigenvalue weighted by Crippen LogP contribution is -2.27. The van der Waals surface area contributed by atoms with Crippen LogP contribution in [0.25, 0.3) is 6.08 Å². The second-order valence-corrected chi connectivity index (χ2v) is 8.77. The van der Waals surface area contributed by atoms with Crippen molar-refractivity contribution in [3.05, 3.63) is 64.7 Å². The first-order valence-electron chi connectivity index (χ1n) is 9.62. The largest absolute Gasteiger partial charge is 0.497 e. The molecular weight excluding hydrogens is 334 g/mol. The molecule has 0 aromatic heterocycles. The van der Waals surface area contributed by atoms with E-state index in [4.69, 9.17) is 4.74 Å². The van der Waals surface area contributed by atoms with E-state index in [-0.39, 0.29) is 11.3 Å². The fourth-order valence-electron chi connectivity index (χ4n) is 3.83. The summed E-state index contributed by atoms with van der Waals surface area (Å²) in [5, 5.41) is 3.16. The Morgan fingerprint density at radius 1 is 1.07 bits per heavy atom. The van der Waals surface area contributed by atoms with Crippen LogP contribution in [-0.4, -0.2) is 13.0 Å². The molecule has 140 valence electrons. The number of nitrogens with one attached hydrogen (secondary N) is 1. The molecule has 0 radical (unpaired) electrons. The van der Waals surface area contributed by atoms with Gasteiger partial charge in [0, 0.05) is 5.69 Å². The van der Waals surface area contributed by atoms with Gasteiger partial charge < -0.3 is 10.1 Å². The molecule has 1 fully saturated rings. The van der Waals surface area contributed by atoms with Crippen LogP contribution in [0, 0.1) is 5.41 Å². The van der Waals surface area contributed by atoms with Gasteiger partial charge in [0.25, 0.3) is 0 Å². The Morgan fingerprint density at radius 3 is 2.37 bits per heavy atom. The van der Waals surface area contributed by atoms with Crippen molar-refractivity contribution in [2.24, 2.45) is 5.41 Å². The van der Waals surface area contributed by atoms with Gasteiger partial charge in [0.15, 0.2) is 0 Å². The van der Waals surface area contributed by atoms with Gasteiger partial charge in [0.1, 0.15) is 5.75 Å². The number of methoxy groups -OCH3 is 1. The van der Waals surface area contributed by atoms with Crippen LogP contribution >= 0.6 is 0 Å². The van der Waals surface area contributed by atoms with Crippen LogP contribution in [-0.2, 0) is 16.6 Å². The minimum Gasteiger partial charge on any atom is -0.497 e. The highest BCUT2D eigenvalue weighted by Gasteiger charge is 2.51. The van der Waals surface area contributed by atoms with E-state index in [2.05, 4.69) is 44.3 Å². The molecule has 2 aromatic rings. The van der Waals surface area contributed by atoms with E-state index < -0.39 is 5.41 Å². The van der Waals surface area contributed by atoms with Crippen LogP contribution in [0.3, 0.4) is 0 Å². The number of hydrogen-bond donors (Lipinski definition) is 1. The molecule has 3 heteroatoms. The minimum atomic E-state index is -0.391. The normalized spacial score (nSPS) is 17.1. The summed E-state index contributed by atoms with van der Waals surface area (Å²) in [7, 11) is 1.65. The highest BCUT2D eigenvalue weighted by molar-refractivity contribution is 6.01. The Morgan fingerprint density at radius 2 is 1.78 bits per heavy atom. The molecule has 0 atom stereocenters. The van der Waals surface area contributed by atoms with E-state index in [0.29, 0.717) is 0 Å². The number of fused-ring (bicyclic) bond motifs is 1. The first-order chi connectivity index (χ1) is 12.8. The molecular formula is C24H27NO2. The number of carbonyl (C=O) groups is 1. The standard InChI is InChI=1S/C24H27NO2/c1-23(2,3)19-13-16-5-8-20(15-17(16)14-19)25-22(26)24(11-12-24)18-6-9-21(27-4)10-7-18/h5-10,14-15H,11-13H2,1-4H3,(H,25,26). The minimum absolute atomic E-state index is 0.0886. The molecule has 1 saturated carbocycles. The van der Waals surface area contributed by atoms with Crippen LogP contribution < -0.4 is 10.1 Å². The van der Waals surface area contributed by atoms with E-state index >= 15 is 0 Å². The first kappa shape index (κ1) is 17.8. The number of amides is 1. The fraction of sp³-hybridized carbons (Fsp3) is 0.375. The summed E-state index contributed by atoms with van der Waals surface area (Å²) < 4.78 is 5.23. The zero-order chi connectivity index (χ0) is 19.2. The van der Waals surface area contributed by atoms with Gasteiger partial charge in [0.05, 0.1) is 12.5 Å². The molecule has 2 aromatic carbocycles. The highest BCUT2D eigenvalue weighted by Crippen LogP contribution is 2.49. The number of allylic oxidation sites excluding steroid dienone is 1. The van der Waals surface area contributed by atoms with E-state index in [1.54, 1.807) is 7.11 Å². The van der Waals surface area contributed by atoms with Gasteiger partial charge in [-0.15, -0.1) is 0 Å². The molecule has 1 N–H and O–H groups in total. The first-order valence-corrected chi connectivity index (χ1v) is 9.62. The Kier molecular flexibility index (Phi) is 4.14. The summed E-state index contributed by atoms with van der Waals surface area (Å²) >= 11 is 0. The number of ether oxygens (including phenoxy) is 1. The lowest BCUT2D eigenvalue weighted by molar-refractivity contribution is -0.118. The van der Waals surface area contributed by atoms with Gasteiger partial charge in [-0.05, 0) is 65.6 Å². The number of hydrogen-bond acceptors (Lipinski definition) is 2. The van der Waals surface area contributed by atoms with Crippen LogP contribution in [0.5, 0.6) is 5.75 Å². The third-order valence-electron chi connectivity index (χ3n) is 5.90. The van der Waals surface area contributed by atoms with Crippen molar-refractivity contribution >= 4 is 17.7 Å². The second-order valence-electron chi connectivity index (χ2n) is 8.77. The molecule has 2 aliphatic rings. The topological polar surface area (TPSA) is 38.3 Å². The lowest BCUT2D eigenvalue weighted by atomic mass is 9.85. The second kappa shape index (κ2) is 6.26. The maximum absolute atomic E-state index is 13.0. The maximum atomic E-state index is 13.0. The molecule has 1 amide bonds. The van der Waals surface area contributed by atoms with Gasteiger partial charge in [0.2, 0.25) is 5.91 Å². The predicted molar refractivity (Wildman–Crippen MR) is 110 cm³/mol. The highest BCUT2D eigenvalue weighted by atomic mass is 16.5. The van der Waals surface area contributed by atoms with Crippen molar-refractivity contribution in [3.8, 4) is 5.75 Å². The number of benzene rings is 2. The van der Waals surface area contributed by atoms with Crippen molar-refractivity contribution in [1.29, 1.82) is 0 Å². The molecule has 3 nitrogen and oxygen atoms in total. The molecule has 0 unspecified atom stereocenters. The lowest BCUT2D eigenvalue weighted by Gasteiger charge is -2.19. The Hall–Kier alpha value is -2.55. The third-order valence-corrected chi connectivity index (χ3v) is 5.90. The van der Waals surface area contributed by atoms with E-state index in [1.165, 1.54) is 16.7 Å². The average Bonchev–Trinajstić information content (AvgIpc) is 3.34. The Balaban J connectivity index is 1.53. The van der Waals surface area contributed by atoms with Crippen molar-refractivity contribution in [2.75, 3.05) is 12.4 Å². The summed E-state index contributed by atoms with van der Waals surface area (Å²) in [4.78, 5) is 13.0. The SMILES string of the molecule is COc1ccc(C2(C(=O)Nc3ccc4c(c3)C=C(C(C)(C)C)C4)CC2)cc1. The monoisotopic (exact) mass is 361 g/mol. The van der Waals surface area contributed by atoms with Crippen LogP contribution in [0.4, 0.5) is 5.69 Å². The molecule has 0 saturated heterocycles. The van der Waals surface area contributed by atoms with Crippen LogP contribution in [0.2, 0.25) is 0 Å². The zero-order valence-electron chi connectivity index (χ0n) is 16.6. The zero-order valence-corrected chi connectivity index (χ0v) is 16.6. The van der Waals surface area contributed by atoms with Gasteiger partial charge in [-0.25, -0.2) is 0 Å². The van der Waals surface area contributed by atoms with Gasteiger partial charge >= 0.3 is 0 Å². The quantitative estimate of drug-likeness (QED) is 0.797. The smallest absolute Gasteiger partial charge is 0.235 e. The van der Waals surface area contributed by atoms with Crippen LogP contribution in [0.15, 0.2) is 48.0 Å². The molecule has 2 aliphatic carbocycles. The van der Waals surface area contributed by atoms with Crippen molar-refractivity contribution in [3.63, 3.8) is 0 Å². The van der Waals surface area contributed by atoms with Crippen molar-refractivity contribution in [2.45, 2.75) is 45.4 Å². The summed E-state index contributed by atoms with van der Waals surface area (Å²) in [5.41, 5.74) is 5.74. The molecule has 0 bridgehead atoms. The molecule has 0 aliphatic heterocycles. The van der Waals surface area contributed by atoms with Gasteiger partial charge in [-0.3, -0.25) is 4.79 Å². The van der Waals surface area contributed by atoms with Crippen molar-refractivity contribution in [1.82, 2.24) is 0 Å². The molecule has 0 heterocycles. The molecule has 0 spiro atoms. The van der Waals surface area contributed by atoms with E-state index in [9.17, 15) is 4.79 Å². The van der Waals surface area contributed by atoms with E-state index in [1.807, 2.05) is 30.3 Å². The Labute approximate surface area is 161 Å². The van der Waals surface area contributed by atoms with Gasteiger partial charge in [-0.2, -0.15) is 0 Å². The average molecular weight is 361 g/mol. The summed E-state index contributed by atoms with van der Waals surface area (Å²) in [6.07, 6.45) is 5.07. The molecule has 27 heavy (non-hydrogen) atoms. The summed E-state index contributed by atoms with van der Waals surface area (Å²) in [6.45, 7) is 6.75. The summed E-state index contributed by atoms with van der Waals surface area (Å²) in [5.74, 6) is 0.903. The number of carbonyl (C=O) groups excluding carboxylic acids is 1. The van der Waals surface area contributed by atoms with Crippen LogP contribution in [0.1, 0.15) is 50.3 Å². The Bertz CT molecular complexity index is 912. The van der Waals surface area contributed by atoms with Crippen molar-refractivity contribution < 1.29 is 9.53 Å². The number of anilines is 1. The van der Waals surface area contributed by atoms with E-state index in [0.717, 1.165) is 36.3 Å². The third kappa shape index (κ3) is 3.27. The number of rotatable bonds is 4. The van der Waals surface area contributed by atoms with Gasteiger partial charge in [-0.1, -0.05) is 50.6 Å². The molecule has 4 rings (SSSR count). The predicted octanol–water partition coefficient (Wildman–Crippen LogP) is 5.35. The summed E-state index contributed by atoms with van der Waals surface area (Å²) in [6, 6.07) is 14.1.